The standard InChI is InChI=1S/C26H27N3O/c1-18-9-8-12-21(15-18)29-26(30)19(2)27-16-23(20-10-4-3-5-11-20)24-17-28-25-14-7-6-13-22(24)25/h3-15,17,19,23,27-28H,16H2,1-2H3,(H,29,30)/p+1/t19-,23-/m1/s1. The molecule has 0 spiro atoms. The molecule has 0 radical (unpaired) electrons. The van der Waals surface area contributed by atoms with Gasteiger partial charge in [-0.3, -0.25) is 4.79 Å². The van der Waals surface area contributed by atoms with Crippen molar-refractivity contribution in [3.8, 4) is 0 Å². The van der Waals surface area contributed by atoms with Crippen LogP contribution < -0.4 is 10.6 Å². The van der Waals surface area contributed by atoms with E-state index in [1.807, 2.05) is 50.2 Å². The van der Waals surface area contributed by atoms with Gasteiger partial charge in [0.1, 0.15) is 0 Å². The highest BCUT2D eigenvalue weighted by molar-refractivity contribution is 5.93. The Bertz CT molecular complexity index is 1130. The van der Waals surface area contributed by atoms with E-state index in [0.29, 0.717) is 0 Å². The number of hydrogen-bond donors (Lipinski definition) is 3. The Labute approximate surface area is 177 Å². The fraction of sp³-hybridized carbons (Fsp3) is 0.192. The summed E-state index contributed by atoms with van der Waals surface area (Å²) in [5.74, 6) is 0.211. The number of quaternary nitrogens is 1. The summed E-state index contributed by atoms with van der Waals surface area (Å²) < 4.78 is 0. The van der Waals surface area contributed by atoms with Gasteiger partial charge in [-0.15, -0.1) is 0 Å². The summed E-state index contributed by atoms with van der Waals surface area (Å²) in [4.78, 5) is 16.1. The average Bonchev–Trinajstić information content (AvgIpc) is 3.18. The number of nitrogens with one attached hydrogen (secondary N) is 2. The monoisotopic (exact) mass is 398 g/mol. The van der Waals surface area contributed by atoms with Crippen molar-refractivity contribution in [2.24, 2.45) is 0 Å². The molecular weight excluding hydrogens is 370 g/mol. The molecule has 4 heteroatoms. The number of amides is 1. The molecule has 4 rings (SSSR count). The third kappa shape index (κ3) is 4.44. The predicted octanol–water partition coefficient (Wildman–Crippen LogP) is 4.20. The number of anilines is 1. The Hall–Kier alpha value is -3.37. The van der Waals surface area contributed by atoms with E-state index in [0.717, 1.165) is 23.3 Å². The highest BCUT2D eigenvalue weighted by atomic mass is 16.2. The molecule has 0 saturated carbocycles. The molecule has 30 heavy (non-hydrogen) atoms. The lowest BCUT2D eigenvalue weighted by atomic mass is 9.90. The van der Waals surface area contributed by atoms with Crippen molar-refractivity contribution >= 4 is 22.5 Å². The van der Waals surface area contributed by atoms with Crippen molar-refractivity contribution in [2.45, 2.75) is 25.8 Å². The Morgan fingerprint density at radius 3 is 2.57 bits per heavy atom. The second-order valence-corrected chi connectivity index (χ2v) is 7.87. The Kier molecular flexibility index (Phi) is 5.96. The van der Waals surface area contributed by atoms with Crippen LogP contribution in [0, 0.1) is 6.92 Å². The Balaban J connectivity index is 1.52. The second kappa shape index (κ2) is 8.97. The van der Waals surface area contributed by atoms with Gasteiger partial charge >= 0.3 is 0 Å². The molecule has 4 nitrogen and oxygen atoms in total. The summed E-state index contributed by atoms with van der Waals surface area (Å²) in [7, 11) is 0. The molecule has 4 aromatic rings. The van der Waals surface area contributed by atoms with E-state index < -0.39 is 0 Å². The van der Waals surface area contributed by atoms with Gasteiger partial charge < -0.3 is 15.6 Å². The first-order valence-corrected chi connectivity index (χ1v) is 10.4. The van der Waals surface area contributed by atoms with E-state index in [1.165, 1.54) is 16.5 Å². The van der Waals surface area contributed by atoms with Gasteiger partial charge in [0.15, 0.2) is 6.04 Å². The third-order valence-corrected chi connectivity index (χ3v) is 5.62. The zero-order valence-electron chi connectivity index (χ0n) is 17.4. The first-order chi connectivity index (χ1) is 14.6. The quantitative estimate of drug-likeness (QED) is 0.429. The number of carbonyl (C=O) groups is 1. The minimum absolute atomic E-state index is 0.0198. The molecule has 1 aromatic heterocycles. The molecule has 0 unspecified atom stereocenters. The van der Waals surface area contributed by atoms with Gasteiger partial charge in [0.25, 0.3) is 5.91 Å². The number of carbonyl (C=O) groups excluding carboxylic acids is 1. The van der Waals surface area contributed by atoms with Crippen molar-refractivity contribution in [3.63, 3.8) is 0 Å². The van der Waals surface area contributed by atoms with Gasteiger partial charge in [0.05, 0.1) is 12.5 Å². The summed E-state index contributed by atoms with van der Waals surface area (Å²) in [5.41, 5.74) is 5.63. The van der Waals surface area contributed by atoms with Crippen LogP contribution in [0.5, 0.6) is 0 Å². The van der Waals surface area contributed by atoms with Crippen LogP contribution in [0.4, 0.5) is 5.69 Å². The van der Waals surface area contributed by atoms with Gasteiger partial charge in [0, 0.05) is 22.8 Å². The number of para-hydroxylation sites is 1. The van der Waals surface area contributed by atoms with Crippen LogP contribution in [-0.4, -0.2) is 23.5 Å². The summed E-state index contributed by atoms with van der Waals surface area (Å²) in [6.07, 6.45) is 2.10. The zero-order chi connectivity index (χ0) is 20.9. The Morgan fingerprint density at radius 1 is 1.00 bits per heavy atom. The summed E-state index contributed by atoms with van der Waals surface area (Å²) in [5, 5.41) is 6.40. The van der Waals surface area contributed by atoms with Crippen LogP contribution in [0.2, 0.25) is 0 Å². The minimum atomic E-state index is -0.193. The molecule has 2 atom stereocenters. The lowest BCUT2D eigenvalue weighted by Crippen LogP contribution is -2.92. The molecule has 1 amide bonds. The van der Waals surface area contributed by atoms with Gasteiger partial charge in [-0.1, -0.05) is 60.7 Å². The fourth-order valence-corrected chi connectivity index (χ4v) is 3.94. The van der Waals surface area contributed by atoms with Crippen molar-refractivity contribution in [1.29, 1.82) is 0 Å². The SMILES string of the molecule is Cc1cccc(NC(=O)[C@@H](C)[NH2+]C[C@H](c2ccccc2)c2c[nH]c3ccccc23)c1. The van der Waals surface area contributed by atoms with Crippen LogP contribution in [0.15, 0.2) is 85.1 Å². The number of fused-ring (bicyclic) bond motifs is 1. The molecule has 3 aromatic carbocycles. The maximum atomic E-state index is 12.7. The highest BCUT2D eigenvalue weighted by Crippen LogP contribution is 2.29. The number of H-pyrrole nitrogens is 1. The van der Waals surface area contributed by atoms with Gasteiger partial charge in [-0.2, -0.15) is 0 Å². The van der Waals surface area contributed by atoms with E-state index in [4.69, 9.17) is 0 Å². The van der Waals surface area contributed by atoms with Gasteiger partial charge in [0.2, 0.25) is 0 Å². The van der Waals surface area contributed by atoms with E-state index in [-0.39, 0.29) is 17.9 Å². The van der Waals surface area contributed by atoms with Crippen LogP contribution in [0.3, 0.4) is 0 Å². The number of benzene rings is 3. The van der Waals surface area contributed by atoms with Gasteiger partial charge in [-0.25, -0.2) is 0 Å². The maximum absolute atomic E-state index is 12.7. The predicted molar refractivity (Wildman–Crippen MR) is 123 cm³/mol. The lowest BCUT2D eigenvalue weighted by Gasteiger charge is -2.19. The number of aromatic amines is 1. The van der Waals surface area contributed by atoms with Crippen LogP contribution >= 0.6 is 0 Å². The molecule has 152 valence electrons. The molecule has 0 aliphatic heterocycles. The van der Waals surface area contributed by atoms with Crippen molar-refractivity contribution in [1.82, 2.24) is 4.98 Å². The number of nitrogens with two attached hydrogens (primary N) is 1. The molecule has 0 bridgehead atoms. The molecule has 0 aliphatic carbocycles. The number of rotatable bonds is 7. The van der Waals surface area contributed by atoms with Crippen LogP contribution in [-0.2, 0) is 4.79 Å². The minimum Gasteiger partial charge on any atom is -0.361 e. The summed E-state index contributed by atoms with van der Waals surface area (Å²) in [6, 6.07) is 26.6. The molecule has 1 heterocycles. The molecule has 0 fully saturated rings. The maximum Gasteiger partial charge on any atom is 0.282 e. The topological polar surface area (TPSA) is 61.5 Å². The molecule has 4 N–H and O–H groups in total. The normalized spacial score (nSPS) is 13.1. The first-order valence-electron chi connectivity index (χ1n) is 10.4. The van der Waals surface area contributed by atoms with Crippen molar-refractivity contribution < 1.29 is 10.1 Å². The second-order valence-electron chi connectivity index (χ2n) is 7.87. The van der Waals surface area contributed by atoms with Crippen molar-refractivity contribution in [2.75, 3.05) is 11.9 Å². The molecule has 0 saturated heterocycles. The highest BCUT2D eigenvalue weighted by Gasteiger charge is 2.23. The molecular formula is C26H28N3O+. The largest absolute Gasteiger partial charge is 0.361 e. The average molecular weight is 399 g/mol. The lowest BCUT2D eigenvalue weighted by molar-refractivity contribution is -0.674. The number of aromatic nitrogens is 1. The number of aryl methyl sites for hydroxylation is 1. The van der Waals surface area contributed by atoms with Crippen molar-refractivity contribution in [3.05, 3.63) is 102 Å². The fourth-order valence-electron chi connectivity index (χ4n) is 3.94. The van der Waals surface area contributed by atoms with Gasteiger partial charge in [-0.05, 0) is 48.7 Å². The smallest absolute Gasteiger partial charge is 0.282 e. The van der Waals surface area contributed by atoms with Crippen LogP contribution in [0.1, 0.15) is 29.5 Å². The Morgan fingerprint density at radius 2 is 1.77 bits per heavy atom. The summed E-state index contributed by atoms with van der Waals surface area (Å²) in [6.45, 7) is 4.77. The first kappa shape index (κ1) is 19.9. The summed E-state index contributed by atoms with van der Waals surface area (Å²) >= 11 is 0. The van der Waals surface area contributed by atoms with E-state index in [2.05, 4.69) is 64.3 Å². The molecule has 0 aliphatic rings. The third-order valence-electron chi connectivity index (χ3n) is 5.62. The number of hydrogen-bond acceptors (Lipinski definition) is 1. The van der Waals surface area contributed by atoms with E-state index >= 15 is 0 Å². The van der Waals surface area contributed by atoms with Crippen LogP contribution in [0.25, 0.3) is 10.9 Å². The van der Waals surface area contributed by atoms with E-state index in [1.54, 1.807) is 0 Å². The van der Waals surface area contributed by atoms with E-state index in [9.17, 15) is 4.79 Å². The zero-order valence-corrected chi connectivity index (χ0v) is 17.4.